The van der Waals surface area contributed by atoms with Crippen molar-refractivity contribution in [2.75, 3.05) is 0 Å². The average molecular weight is 269 g/mol. The summed E-state index contributed by atoms with van der Waals surface area (Å²) in [6.07, 6.45) is 0.0405. The largest absolute Gasteiger partial charge is 0.480 e. The van der Waals surface area contributed by atoms with Crippen molar-refractivity contribution in [3.05, 3.63) is 47.5 Å². The maximum atomic E-state index is 12.9. The van der Waals surface area contributed by atoms with Crippen molar-refractivity contribution in [1.82, 2.24) is 5.32 Å². The van der Waals surface area contributed by atoms with Crippen LogP contribution in [0.2, 0.25) is 0 Å². The highest BCUT2D eigenvalue weighted by molar-refractivity contribution is 5.96. The van der Waals surface area contributed by atoms with Crippen LogP contribution in [-0.4, -0.2) is 23.0 Å². The highest BCUT2D eigenvalue weighted by Gasteiger charge is 2.21. The van der Waals surface area contributed by atoms with E-state index in [1.807, 2.05) is 0 Å². The normalized spacial score (nSPS) is 11.7. The first-order valence-electron chi connectivity index (χ1n) is 5.43. The Labute approximate surface area is 108 Å². The van der Waals surface area contributed by atoms with Crippen LogP contribution in [0.25, 0.3) is 0 Å². The fourth-order valence-electron chi connectivity index (χ4n) is 1.48. The van der Waals surface area contributed by atoms with E-state index >= 15 is 0 Å². The molecule has 0 spiro atoms. The van der Waals surface area contributed by atoms with Crippen LogP contribution in [0.5, 0.6) is 0 Å². The van der Waals surface area contributed by atoms with Gasteiger partial charge in [-0.1, -0.05) is 5.57 Å². The maximum absolute atomic E-state index is 12.9. The van der Waals surface area contributed by atoms with E-state index in [-0.39, 0.29) is 12.0 Å². The third-order valence-electron chi connectivity index (χ3n) is 2.28. The van der Waals surface area contributed by atoms with Crippen LogP contribution in [0, 0.1) is 11.6 Å². The van der Waals surface area contributed by atoms with Gasteiger partial charge < -0.3 is 10.4 Å². The molecule has 0 saturated carbocycles. The highest BCUT2D eigenvalue weighted by Crippen LogP contribution is 2.09. The lowest BCUT2D eigenvalue weighted by atomic mass is 10.1. The predicted octanol–water partition coefficient (Wildman–Crippen LogP) is 2.11. The Morgan fingerprint density at radius 1 is 1.32 bits per heavy atom. The molecule has 1 aromatic rings. The number of rotatable bonds is 5. The summed E-state index contributed by atoms with van der Waals surface area (Å²) < 4.78 is 25.9. The molecule has 0 fully saturated rings. The first-order valence-corrected chi connectivity index (χ1v) is 5.43. The highest BCUT2D eigenvalue weighted by atomic mass is 19.1. The van der Waals surface area contributed by atoms with Gasteiger partial charge >= 0.3 is 5.97 Å². The Morgan fingerprint density at radius 3 is 2.26 bits per heavy atom. The van der Waals surface area contributed by atoms with E-state index in [0.717, 1.165) is 12.1 Å². The van der Waals surface area contributed by atoms with Gasteiger partial charge in [0.2, 0.25) is 0 Å². The van der Waals surface area contributed by atoms with Crippen LogP contribution in [0.15, 0.2) is 30.4 Å². The first kappa shape index (κ1) is 14.8. The lowest BCUT2D eigenvalue weighted by molar-refractivity contribution is -0.139. The average Bonchev–Trinajstić information content (AvgIpc) is 2.25. The minimum Gasteiger partial charge on any atom is -0.480 e. The Bertz CT molecular complexity index is 508. The number of carbonyl (C=O) groups excluding carboxylic acids is 1. The third-order valence-corrected chi connectivity index (χ3v) is 2.28. The summed E-state index contributed by atoms with van der Waals surface area (Å²) in [6, 6.07) is 1.10. The van der Waals surface area contributed by atoms with E-state index < -0.39 is 29.6 Å². The van der Waals surface area contributed by atoms with E-state index in [1.54, 1.807) is 6.92 Å². The van der Waals surface area contributed by atoms with Crippen molar-refractivity contribution in [3.63, 3.8) is 0 Å². The third kappa shape index (κ3) is 4.50. The molecule has 0 aliphatic rings. The number of hydrogen-bond acceptors (Lipinski definition) is 2. The number of amides is 1. The number of benzene rings is 1. The lowest BCUT2D eigenvalue weighted by Gasteiger charge is -2.14. The number of nitrogens with one attached hydrogen (secondary N) is 1. The lowest BCUT2D eigenvalue weighted by Crippen LogP contribution is -2.40. The van der Waals surface area contributed by atoms with Gasteiger partial charge in [0, 0.05) is 11.6 Å². The second kappa shape index (κ2) is 6.08. The Morgan fingerprint density at radius 2 is 1.84 bits per heavy atom. The summed E-state index contributed by atoms with van der Waals surface area (Å²) >= 11 is 0. The molecular weight excluding hydrogens is 256 g/mol. The smallest absolute Gasteiger partial charge is 0.326 e. The van der Waals surface area contributed by atoms with Crippen molar-refractivity contribution in [1.29, 1.82) is 0 Å². The molecule has 0 aliphatic carbocycles. The molecule has 0 radical (unpaired) electrons. The number of aliphatic carboxylic acids is 1. The van der Waals surface area contributed by atoms with Gasteiger partial charge in [0.1, 0.15) is 17.7 Å². The van der Waals surface area contributed by atoms with E-state index in [0.29, 0.717) is 11.6 Å². The maximum Gasteiger partial charge on any atom is 0.326 e. The van der Waals surface area contributed by atoms with Crippen LogP contribution in [0.3, 0.4) is 0 Å². The van der Waals surface area contributed by atoms with Crippen molar-refractivity contribution < 1.29 is 23.5 Å². The van der Waals surface area contributed by atoms with Gasteiger partial charge in [0.05, 0.1) is 0 Å². The summed E-state index contributed by atoms with van der Waals surface area (Å²) in [5.41, 5.74) is 0.295. The molecule has 1 amide bonds. The monoisotopic (exact) mass is 269 g/mol. The zero-order valence-electron chi connectivity index (χ0n) is 10.2. The number of carboxylic acids is 1. The molecule has 0 saturated heterocycles. The molecule has 6 heteroatoms. The van der Waals surface area contributed by atoms with E-state index in [1.165, 1.54) is 0 Å². The zero-order chi connectivity index (χ0) is 14.6. The number of carboxylic acid groups (broad SMARTS) is 1. The van der Waals surface area contributed by atoms with Crippen molar-refractivity contribution in [2.45, 2.75) is 19.4 Å². The molecule has 0 aliphatic heterocycles. The first-order chi connectivity index (χ1) is 8.79. The molecule has 1 aromatic carbocycles. The molecule has 4 nitrogen and oxygen atoms in total. The molecule has 0 aromatic heterocycles. The van der Waals surface area contributed by atoms with E-state index in [4.69, 9.17) is 5.11 Å². The molecule has 1 rings (SSSR count). The summed E-state index contributed by atoms with van der Waals surface area (Å²) in [6.45, 7) is 5.17. The fraction of sp³-hybridized carbons (Fsp3) is 0.231. The van der Waals surface area contributed by atoms with Gasteiger partial charge in [-0.25, -0.2) is 13.6 Å². The van der Waals surface area contributed by atoms with Crippen LogP contribution >= 0.6 is 0 Å². The number of halogens is 2. The zero-order valence-corrected chi connectivity index (χ0v) is 10.2. The summed E-state index contributed by atoms with van der Waals surface area (Å²) in [4.78, 5) is 22.6. The van der Waals surface area contributed by atoms with E-state index in [2.05, 4.69) is 11.9 Å². The van der Waals surface area contributed by atoms with Crippen LogP contribution < -0.4 is 5.32 Å². The standard InChI is InChI=1S/C13H13F2NO3/c1-7(2)3-11(13(18)19)16-12(17)8-4-9(14)6-10(15)5-8/h4-6,11H,1,3H2,2H3,(H,16,17)(H,18,19)/t11-/m0/s1. The molecule has 0 heterocycles. The van der Waals surface area contributed by atoms with Gasteiger partial charge in [0.25, 0.3) is 5.91 Å². The van der Waals surface area contributed by atoms with Crippen molar-refractivity contribution in [2.24, 2.45) is 0 Å². The van der Waals surface area contributed by atoms with Gasteiger partial charge in [-0.3, -0.25) is 4.79 Å². The summed E-state index contributed by atoms with van der Waals surface area (Å²) in [7, 11) is 0. The predicted molar refractivity (Wildman–Crippen MR) is 64.7 cm³/mol. The van der Waals surface area contributed by atoms with Gasteiger partial charge in [-0.05, 0) is 25.5 Å². The molecule has 19 heavy (non-hydrogen) atoms. The summed E-state index contributed by atoms with van der Waals surface area (Å²) in [5, 5.41) is 11.1. The SMILES string of the molecule is C=C(C)C[C@H](NC(=O)c1cc(F)cc(F)c1)C(=O)O. The van der Waals surface area contributed by atoms with Crippen molar-refractivity contribution in [3.8, 4) is 0 Å². The minimum atomic E-state index is -1.24. The number of hydrogen-bond donors (Lipinski definition) is 2. The molecule has 2 N–H and O–H groups in total. The second-order valence-corrected chi connectivity index (χ2v) is 4.18. The Kier molecular flexibility index (Phi) is 4.74. The second-order valence-electron chi connectivity index (χ2n) is 4.18. The quantitative estimate of drug-likeness (QED) is 0.804. The van der Waals surface area contributed by atoms with Crippen LogP contribution in [0.4, 0.5) is 8.78 Å². The molecule has 102 valence electrons. The van der Waals surface area contributed by atoms with Gasteiger partial charge in [0.15, 0.2) is 0 Å². The van der Waals surface area contributed by atoms with Crippen molar-refractivity contribution >= 4 is 11.9 Å². The minimum absolute atomic E-state index is 0.0405. The molecule has 0 unspecified atom stereocenters. The van der Waals surface area contributed by atoms with Gasteiger partial charge in [-0.15, -0.1) is 6.58 Å². The topological polar surface area (TPSA) is 66.4 Å². The molecule has 0 bridgehead atoms. The van der Waals surface area contributed by atoms with Gasteiger partial charge in [-0.2, -0.15) is 0 Å². The van der Waals surface area contributed by atoms with E-state index in [9.17, 15) is 18.4 Å². The summed E-state index contributed by atoms with van der Waals surface area (Å²) in [5.74, 6) is -3.91. The fourth-order valence-corrected chi connectivity index (χ4v) is 1.48. The van der Waals surface area contributed by atoms with Crippen LogP contribution in [0.1, 0.15) is 23.7 Å². The Balaban J connectivity index is 2.87. The number of carbonyl (C=O) groups is 2. The molecular formula is C13H13F2NO3. The molecule has 1 atom stereocenters. The Hall–Kier alpha value is -2.24. The van der Waals surface area contributed by atoms with Crippen LogP contribution in [-0.2, 0) is 4.79 Å².